The van der Waals surface area contributed by atoms with Gasteiger partial charge in [0, 0.05) is 11.1 Å². The van der Waals surface area contributed by atoms with E-state index in [0.717, 1.165) is 0 Å². The van der Waals surface area contributed by atoms with E-state index >= 15 is 0 Å². The maximum absolute atomic E-state index is 12.9. The number of nitrogens with one attached hydrogen (secondary N) is 1. The quantitative estimate of drug-likeness (QED) is 0.574. The summed E-state index contributed by atoms with van der Waals surface area (Å²) in [6.45, 7) is 0. The Kier molecular flexibility index (Phi) is 3.84. The number of halogens is 3. The number of rotatable bonds is 3. The van der Waals surface area contributed by atoms with Gasteiger partial charge < -0.3 is 9.73 Å². The van der Waals surface area contributed by atoms with Crippen LogP contribution in [0, 0.1) is 0 Å². The van der Waals surface area contributed by atoms with Crippen LogP contribution in [0.5, 0.6) is 0 Å². The predicted molar refractivity (Wildman–Crippen MR) is 82.6 cm³/mol. The van der Waals surface area contributed by atoms with Crippen molar-refractivity contribution in [3.8, 4) is 0 Å². The lowest BCUT2D eigenvalue weighted by Gasteiger charge is -2.14. The number of Topliss-reactive ketones (excluding diaryl/α,β-unsaturated/α-hetero) is 1. The second kappa shape index (κ2) is 5.84. The zero-order valence-electron chi connectivity index (χ0n) is 12.1. The standard InChI is InChI=1S/C17H10F3NO3/c18-17(19,20)15(22)13-14(21-10-6-2-1-3-7-10)11-8-4-5-9-12(11)24-16(13)23/h1-9,21H. The summed E-state index contributed by atoms with van der Waals surface area (Å²) < 4.78 is 43.5. The Morgan fingerprint density at radius 1 is 0.958 bits per heavy atom. The lowest BCUT2D eigenvalue weighted by molar-refractivity contribution is -0.0886. The largest absolute Gasteiger partial charge is 0.455 e. The molecule has 3 aromatic rings. The fourth-order valence-electron chi connectivity index (χ4n) is 2.29. The molecule has 1 heterocycles. The summed E-state index contributed by atoms with van der Waals surface area (Å²) in [6.07, 6.45) is -5.19. The highest BCUT2D eigenvalue weighted by molar-refractivity contribution is 6.10. The highest BCUT2D eigenvalue weighted by Crippen LogP contribution is 2.32. The van der Waals surface area contributed by atoms with Crippen molar-refractivity contribution in [1.29, 1.82) is 0 Å². The molecule has 0 amide bonds. The van der Waals surface area contributed by atoms with Crippen LogP contribution in [0.4, 0.5) is 24.5 Å². The third kappa shape index (κ3) is 2.88. The van der Waals surface area contributed by atoms with Gasteiger partial charge in [0.15, 0.2) is 0 Å². The first-order valence-corrected chi connectivity index (χ1v) is 6.87. The van der Waals surface area contributed by atoms with Crippen molar-refractivity contribution in [2.24, 2.45) is 0 Å². The van der Waals surface area contributed by atoms with Crippen molar-refractivity contribution >= 4 is 28.1 Å². The molecule has 122 valence electrons. The Labute approximate surface area is 133 Å². The van der Waals surface area contributed by atoms with E-state index in [0.29, 0.717) is 5.69 Å². The number of carbonyl (C=O) groups is 1. The maximum atomic E-state index is 12.9. The monoisotopic (exact) mass is 333 g/mol. The normalized spacial score (nSPS) is 11.5. The number of carbonyl (C=O) groups excluding carboxylic acids is 1. The zero-order valence-corrected chi connectivity index (χ0v) is 12.1. The Balaban J connectivity index is 2.30. The van der Waals surface area contributed by atoms with Gasteiger partial charge in [-0.3, -0.25) is 4.79 Å². The van der Waals surface area contributed by atoms with Gasteiger partial charge in [-0.25, -0.2) is 4.79 Å². The van der Waals surface area contributed by atoms with Crippen LogP contribution in [0.1, 0.15) is 10.4 Å². The molecule has 0 aliphatic rings. The van der Waals surface area contributed by atoms with Crippen molar-refractivity contribution in [3.05, 3.63) is 70.6 Å². The van der Waals surface area contributed by atoms with Gasteiger partial charge in [0.1, 0.15) is 11.1 Å². The van der Waals surface area contributed by atoms with Crippen LogP contribution in [0.15, 0.2) is 63.8 Å². The zero-order chi connectivity index (χ0) is 17.3. The van der Waals surface area contributed by atoms with Crippen LogP contribution in [0.2, 0.25) is 0 Å². The topological polar surface area (TPSA) is 59.3 Å². The van der Waals surface area contributed by atoms with Gasteiger partial charge in [-0.15, -0.1) is 0 Å². The van der Waals surface area contributed by atoms with Gasteiger partial charge in [0.2, 0.25) is 0 Å². The van der Waals surface area contributed by atoms with Crippen molar-refractivity contribution < 1.29 is 22.4 Å². The van der Waals surface area contributed by atoms with Crippen LogP contribution in [0.25, 0.3) is 11.0 Å². The molecule has 0 spiro atoms. The van der Waals surface area contributed by atoms with Crippen LogP contribution < -0.4 is 10.9 Å². The molecular weight excluding hydrogens is 323 g/mol. The number of hydrogen-bond acceptors (Lipinski definition) is 4. The Hall–Kier alpha value is -3.09. The van der Waals surface area contributed by atoms with Crippen molar-refractivity contribution in [3.63, 3.8) is 0 Å². The first-order chi connectivity index (χ1) is 11.4. The van der Waals surface area contributed by atoms with Crippen LogP contribution in [-0.4, -0.2) is 12.0 Å². The second-order valence-electron chi connectivity index (χ2n) is 4.95. The van der Waals surface area contributed by atoms with E-state index in [-0.39, 0.29) is 16.7 Å². The molecule has 0 saturated heterocycles. The molecular formula is C17H10F3NO3. The molecule has 4 nitrogen and oxygen atoms in total. The summed E-state index contributed by atoms with van der Waals surface area (Å²) in [6, 6.07) is 14.3. The number of alkyl halides is 3. The average Bonchev–Trinajstić information content (AvgIpc) is 2.54. The molecule has 24 heavy (non-hydrogen) atoms. The number of para-hydroxylation sites is 2. The average molecular weight is 333 g/mol. The van der Waals surface area contributed by atoms with E-state index < -0.39 is 23.1 Å². The summed E-state index contributed by atoms with van der Waals surface area (Å²) in [5.74, 6) is -2.25. The number of hydrogen-bond donors (Lipinski definition) is 1. The molecule has 0 atom stereocenters. The summed E-state index contributed by atoms with van der Waals surface area (Å²) in [4.78, 5) is 23.7. The van der Waals surface area contributed by atoms with Gasteiger partial charge in [0.05, 0.1) is 5.69 Å². The van der Waals surface area contributed by atoms with Crippen LogP contribution >= 0.6 is 0 Å². The summed E-state index contributed by atoms with van der Waals surface area (Å²) in [7, 11) is 0. The molecule has 0 unspecified atom stereocenters. The predicted octanol–water partition coefficient (Wildman–Crippen LogP) is 4.28. The molecule has 1 N–H and O–H groups in total. The third-order valence-corrected chi connectivity index (χ3v) is 3.34. The van der Waals surface area contributed by atoms with Gasteiger partial charge in [-0.05, 0) is 24.3 Å². The smallest absolute Gasteiger partial charge is 0.422 e. The van der Waals surface area contributed by atoms with Crippen molar-refractivity contribution in [2.45, 2.75) is 6.18 Å². The minimum Gasteiger partial charge on any atom is -0.422 e. The Morgan fingerprint density at radius 3 is 2.25 bits per heavy atom. The van der Waals surface area contributed by atoms with Gasteiger partial charge in [-0.1, -0.05) is 30.3 Å². The number of benzene rings is 2. The highest BCUT2D eigenvalue weighted by Gasteiger charge is 2.43. The fourth-order valence-corrected chi connectivity index (χ4v) is 2.29. The van der Waals surface area contributed by atoms with Gasteiger partial charge >= 0.3 is 11.8 Å². The van der Waals surface area contributed by atoms with E-state index in [4.69, 9.17) is 4.42 Å². The fraction of sp³-hybridized carbons (Fsp3) is 0.0588. The third-order valence-electron chi connectivity index (χ3n) is 3.34. The molecule has 0 aliphatic carbocycles. The molecule has 0 radical (unpaired) electrons. The molecule has 0 aliphatic heterocycles. The molecule has 1 aromatic heterocycles. The lowest BCUT2D eigenvalue weighted by Crippen LogP contribution is -2.29. The molecule has 3 rings (SSSR count). The summed E-state index contributed by atoms with van der Waals surface area (Å²) >= 11 is 0. The van der Waals surface area contributed by atoms with Crippen LogP contribution in [-0.2, 0) is 0 Å². The van der Waals surface area contributed by atoms with Crippen molar-refractivity contribution in [1.82, 2.24) is 0 Å². The molecule has 7 heteroatoms. The lowest BCUT2D eigenvalue weighted by atomic mass is 10.1. The van der Waals surface area contributed by atoms with E-state index in [9.17, 15) is 22.8 Å². The Bertz CT molecular complexity index is 962. The van der Waals surface area contributed by atoms with E-state index in [2.05, 4.69) is 5.32 Å². The summed E-state index contributed by atoms with van der Waals surface area (Å²) in [5, 5.41) is 2.93. The SMILES string of the molecule is O=C(c1c(Nc2ccccc2)c2ccccc2oc1=O)C(F)(F)F. The highest BCUT2D eigenvalue weighted by atomic mass is 19.4. The maximum Gasteiger partial charge on any atom is 0.455 e. The molecule has 0 fully saturated rings. The molecule has 2 aromatic carbocycles. The van der Waals surface area contributed by atoms with E-state index in [1.165, 1.54) is 12.1 Å². The molecule has 0 bridgehead atoms. The summed E-state index contributed by atoms with van der Waals surface area (Å²) in [5.41, 5.74) is -2.11. The number of anilines is 2. The molecule has 0 saturated carbocycles. The number of ketones is 1. The minimum absolute atomic E-state index is 0.0830. The van der Waals surface area contributed by atoms with E-state index in [1.54, 1.807) is 42.5 Å². The second-order valence-corrected chi connectivity index (χ2v) is 4.95. The Morgan fingerprint density at radius 2 is 1.58 bits per heavy atom. The first kappa shape index (κ1) is 15.8. The first-order valence-electron chi connectivity index (χ1n) is 6.87. The van der Waals surface area contributed by atoms with Gasteiger partial charge in [0.25, 0.3) is 5.78 Å². The minimum atomic E-state index is -5.19. The van der Waals surface area contributed by atoms with E-state index in [1.807, 2.05) is 0 Å². The van der Waals surface area contributed by atoms with Crippen molar-refractivity contribution in [2.75, 3.05) is 5.32 Å². The number of fused-ring (bicyclic) bond motifs is 1. The van der Waals surface area contributed by atoms with Gasteiger partial charge in [-0.2, -0.15) is 13.2 Å². The van der Waals surface area contributed by atoms with Crippen LogP contribution in [0.3, 0.4) is 0 Å².